The van der Waals surface area contributed by atoms with Crippen molar-refractivity contribution in [3.63, 3.8) is 0 Å². The molecule has 3 rings (SSSR count). The molecule has 0 heterocycles. The molecular formula is C37H43ClO7. The van der Waals surface area contributed by atoms with Crippen LogP contribution in [0.25, 0.3) is 0 Å². The van der Waals surface area contributed by atoms with Crippen molar-refractivity contribution in [1.29, 1.82) is 0 Å². The Morgan fingerprint density at radius 2 is 1.29 bits per heavy atom. The van der Waals surface area contributed by atoms with Crippen LogP contribution in [0, 0.1) is 0 Å². The van der Waals surface area contributed by atoms with Crippen LogP contribution in [0.4, 0.5) is 0 Å². The third-order valence-corrected chi connectivity index (χ3v) is 7.45. The predicted molar refractivity (Wildman–Crippen MR) is 176 cm³/mol. The largest absolute Gasteiger partial charge is 0.494 e. The quantitative estimate of drug-likeness (QED) is 0.0529. The molecule has 0 spiro atoms. The van der Waals surface area contributed by atoms with Gasteiger partial charge in [-0.2, -0.15) is 0 Å². The highest BCUT2D eigenvalue weighted by molar-refractivity contribution is 6.33. The maximum absolute atomic E-state index is 12.8. The van der Waals surface area contributed by atoms with E-state index in [2.05, 4.69) is 13.5 Å². The van der Waals surface area contributed by atoms with Crippen LogP contribution in [0.3, 0.4) is 0 Å². The molecule has 0 aliphatic heterocycles. The van der Waals surface area contributed by atoms with Crippen LogP contribution < -0.4 is 14.2 Å². The van der Waals surface area contributed by atoms with Crippen molar-refractivity contribution in [2.75, 3.05) is 13.2 Å². The van der Waals surface area contributed by atoms with Crippen molar-refractivity contribution < 1.29 is 33.3 Å². The molecule has 3 aromatic carbocycles. The molecule has 0 unspecified atom stereocenters. The summed E-state index contributed by atoms with van der Waals surface area (Å²) < 4.78 is 21.5. The molecule has 0 fully saturated rings. The number of esters is 3. The van der Waals surface area contributed by atoms with Crippen LogP contribution in [0.1, 0.15) is 97.4 Å². The SMILES string of the molecule is C=CC(=O)OCCCCOc1ccc(C(=O)Oc2ccc(C(=O)Oc3ccc(CCCCCCCCCC)cc3)c(Cl)c2)cc1. The molecule has 0 N–H and O–H groups in total. The molecule has 0 amide bonds. The van der Waals surface area contributed by atoms with Gasteiger partial charge in [-0.3, -0.25) is 0 Å². The Balaban J connectivity index is 1.40. The molecule has 0 radical (unpaired) electrons. The van der Waals surface area contributed by atoms with E-state index in [1.54, 1.807) is 36.4 Å². The van der Waals surface area contributed by atoms with E-state index in [4.69, 9.17) is 30.5 Å². The van der Waals surface area contributed by atoms with E-state index in [1.165, 1.54) is 68.7 Å². The minimum absolute atomic E-state index is 0.111. The van der Waals surface area contributed by atoms with E-state index >= 15 is 0 Å². The number of benzene rings is 3. The molecule has 0 aromatic heterocycles. The van der Waals surface area contributed by atoms with Crippen molar-refractivity contribution >= 4 is 29.5 Å². The number of halogens is 1. The second kappa shape index (κ2) is 20.0. The highest BCUT2D eigenvalue weighted by Gasteiger charge is 2.16. The fourth-order valence-electron chi connectivity index (χ4n) is 4.55. The maximum atomic E-state index is 12.8. The first-order valence-electron chi connectivity index (χ1n) is 15.7. The molecule has 0 atom stereocenters. The molecule has 8 heteroatoms. The molecule has 3 aromatic rings. The second-order valence-corrected chi connectivity index (χ2v) is 11.1. The molecule has 0 aliphatic rings. The lowest BCUT2D eigenvalue weighted by Gasteiger charge is -2.10. The smallest absolute Gasteiger partial charge is 0.345 e. The Labute approximate surface area is 271 Å². The van der Waals surface area contributed by atoms with Gasteiger partial charge in [-0.05, 0) is 79.8 Å². The van der Waals surface area contributed by atoms with E-state index < -0.39 is 17.9 Å². The number of carbonyl (C=O) groups excluding carboxylic acids is 3. The predicted octanol–water partition coefficient (Wildman–Crippen LogP) is 9.35. The summed E-state index contributed by atoms with van der Waals surface area (Å²) in [5, 5.41) is 0.111. The van der Waals surface area contributed by atoms with Gasteiger partial charge in [0, 0.05) is 12.1 Å². The van der Waals surface area contributed by atoms with Crippen molar-refractivity contribution in [2.24, 2.45) is 0 Å². The Morgan fingerprint density at radius 3 is 1.96 bits per heavy atom. The average molecular weight is 635 g/mol. The second-order valence-electron chi connectivity index (χ2n) is 10.7. The Morgan fingerprint density at radius 1 is 0.689 bits per heavy atom. The van der Waals surface area contributed by atoms with Gasteiger partial charge in [0.2, 0.25) is 0 Å². The van der Waals surface area contributed by atoms with E-state index in [0.29, 0.717) is 43.1 Å². The van der Waals surface area contributed by atoms with Crippen molar-refractivity contribution in [2.45, 2.75) is 77.6 Å². The van der Waals surface area contributed by atoms with Gasteiger partial charge in [-0.1, -0.05) is 82.2 Å². The topological polar surface area (TPSA) is 88.1 Å². The van der Waals surface area contributed by atoms with Crippen LogP contribution in [-0.4, -0.2) is 31.1 Å². The average Bonchev–Trinajstić information content (AvgIpc) is 3.04. The number of rotatable bonds is 20. The van der Waals surface area contributed by atoms with Crippen LogP contribution in [0.15, 0.2) is 79.4 Å². The van der Waals surface area contributed by atoms with E-state index in [1.807, 2.05) is 12.1 Å². The number of aryl methyl sites for hydroxylation is 1. The number of hydrogen-bond acceptors (Lipinski definition) is 7. The highest BCUT2D eigenvalue weighted by atomic mass is 35.5. The van der Waals surface area contributed by atoms with Gasteiger partial charge < -0.3 is 18.9 Å². The molecule has 0 saturated heterocycles. The summed E-state index contributed by atoms with van der Waals surface area (Å²) in [5.41, 5.74) is 1.71. The summed E-state index contributed by atoms with van der Waals surface area (Å²) in [6, 6.07) is 18.5. The summed E-state index contributed by atoms with van der Waals surface area (Å²) in [6.45, 7) is 6.32. The van der Waals surface area contributed by atoms with Crippen LogP contribution in [0.2, 0.25) is 5.02 Å². The van der Waals surface area contributed by atoms with Gasteiger partial charge in [0.05, 0.1) is 29.4 Å². The zero-order chi connectivity index (χ0) is 32.3. The standard InChI is InChI=1S/C37H43ClO7/c1-3-5-6-7-8-9-10-11-14-28-15-19-31(20-16-28)44-37(41)33-24-23-32(27-34(33)38)45-36(40)29-17-21-30(22-18-29)42-25-12-13-26-43-35(39)4-2/h4,15-24,27H,2-3,5-14,25-26H2,1H3. The number of ether oxygens (including phenoxy) is 4. The normalized spacial score (nSPS) is 10.6. The lowest BCUT2D eigenvalue weighted by atomic mass is 10.0. The minimum atomic E-state index is -0.595. The number of unbranched alkanes of at least 4 members (excludes halogenated alkanes) is 8. The van der Waals surface area contributed by atoms with Gasteiger partial charge in [0.25, 0.3) is 0 Å². The molecular weight excluding hydrogens is 592 g/mol. The third-order valence-electron chi connectivity index (χ3n) is 7.13. The van der Waals surface area contributed by atoms with Gasteiger partial charge >= 0.3 is 17.9 Å². The molecule has 0 saturated carbocycles. The summed E-state index contributed by atoms with van der Waals surface area (Å²) in [4.78, 5) is 36.4. The van der Waals surface area contributed by atoms with Gasteiger partial charge in [0.1, 0.15) is 17.2 Å². The first-order chi connectivity index (χ1) is 21.9. The van der Waals surface area contributed by atoms with Gasteiger partial charge in [-0.25, -0.2) is 14.4 Å². The van der Waals surface area contributed by atoms with E-state index in [0.717, 1.165) is 18.9 Å². The van der Waals surface area contributed by atoms with Crippen LogP contribution >= 0.6 is 11.6 Å². The van der Waals surface area contributed by atoms with Crippen molar-refractivity contribution in [3.8, 4) is 17.2 Å². The Hall–Kier alpha value is -4.10. The lowest BCUT2D eigenvalue weighted by molar-refractivity contribution is -0.137. The summed E-state index contributed by atoms with van der Waals surface area (Å²) in [6.07, 6.45) is 13.8. The van der Waals surface area contributed by atoms with Crippen molar-refractivity contribution in [1.82, 2.24) is 0 Å². The highest BCUT2D eigenvalue weighted by Crippen LogP contribution is 2.26. The van der Waals surface area contributed by atoms with Crippen LogP contribution in [-0.2, 0) is 16.0 Å². The molecule has 0 bridgehead atoms. The van der Waals surface area contributed by atoms with Gasteiger partial charge in [0.15, 0.2) is 0 Å². The summed E-state index contributed by atoms with van der Waals surface area (Å²) in [7, 11) is 0. The third kappa shape index (κ3) is 13.2. The first-order valence-corrected chi connectivity index (χ1v) is 16.1. The fourth-order valence-corrected chi connectivity index (χ4v) is 4.80. The number of hydrogen-bond donors (Lipinski definition) is 0. The lowest BCUT2D eigenvalue weighted by Crippen LogP contribution is -2.11. The Bertz CT molecular complexity index is 1370. The molecule has 0 aliphatic carbocycles. The zero-order valence-electron chi connectivity index (χ0n) is 26.1. The van der Waals surface area contributed by atoms with Crippen molar-refractivity contribution in [3.05, 3.63) is 101 Å². The summed E-state index contributed by atoms with van der Waals surface area (Å²) in [5.74, 6) is -0.388. The summed E-state index contributed by atoms with van der Waals surface area (Å²) >= 11 is 6.35. The van der Waals surface area contributed by atoms with E-state index in [-0.39, 0.29) is 16.3 Å². The first kappa shape index (κ1) is 35.4. The number of carbonyl (C=O) groups is 3. The Kier molecular flexibility index (Phi) is 15.7. The zero-order valence-corrected chi connectivity index (χ0v) is 26.8. The van der Waals surface area contributed by atoms with E-state index in [9.17, 15) is 14.4 Å². The molecule has 240 valence electrons. The minimum Gasteiger partial charge on any atom is -0.494 e. The fraction of sp³-hybridized carbons (Fsp3) is 0.378. The maximum Gasteiger partial charge on any atom is 0.345 e. The monoisotopic (exact) mass is 634 g/mol. The molecule has 45 heavy (non-hydrogen) atoms. The molecule has 7 nitrogen and oxygen atoms in total. The van der Waals surface area contributed by atoms with Crippen LogP contribution in [0.5, 0.6) is 17.2 Å². The van der Waals surface area contributed by atoms with Gasteiger partial charge in [-0.15, -0.1) is 0 Å².